The predicted molar refractivity (Wildman–Crippen MR) is 57.7 cm³/mol. The molecule has 0 fully saturated rings. The van der Waals surface area contributed by atoms with E-state index in [1.165, 1.54) is 12.2 Å². The first kappa shape index (κ1) is 12.6. The number of aliphatic carboxylic acids is 1. The fourth-order valence-electron chi connectivity index (χ4n) is 0.729. The molecule has 0 radical (unpaired) electrons. The van der Waals surface area contributed by atoms with E-state index < -0.39 is 11.4 Å². The highest BCUT2D eigenvalue weighted by atomic mass is 16.4. The number of carbonyl (C=O) groups is 1. The topological polar surface area (TPSA) is 61.2 Å². The summed E-state index contributed by atoms with van der Waals surface area (Å²) >= 11 is 0. The Labute approximate surface area is 84.7 Å². The third-order valence-corrected chi connectivity index (χ3v) is 1.67. The summed E-state index contributed by atoms with van der Waals surface area (Å²) < 4.78 is 0. The van der Waals surface area contributed by atoms with E-state index in [0.717, 1.165) is 5.57 Å². The number of carboxylic acid groups (broad SMARTS) is 1. The number of rotatable bonds is 4. The summed E-state index contributed by atoms with van der Waals surface area (Å²) in [5.74, 6) is -0.890. The molecule has 0 atom stereocenters. The van der Waals surface area contributed by atoms with E-state index in [-0.39, 0.29) is 0 Å². The van der Waals surface area contributed by atoms with Gasteiger partial charge in [0.1, 0.15) is 0 Å². The van der Waals surface area contributed by atoms with Crippen LogP contribution >= 0.6 is 0 Å². The van der Waals surface area contributed by atoms with Crippen LogP contribution < -0.4 is 0 Å². The summed E-state index contributed by atoms with van der Waals surface area (Å²) in [6.07, 6.45) is 4.73. The predicted octanol–water partition coefficient (Wildman–Crippen LogP) is 2.64. The molecule has 0 spiro atoms. The Balaban J connectivity index is 4.53. The Bertz CT molecular complexity index is 294. The van der Waals surface area contributed by atoms with Gasteiger partial charge in [-0.1, -0.05) is 11.6 Å². The molecular weight excluding hydrogens is 178 g/mol. The van der Waals surface area contributed by atoms with Gasteiger partial charge in [0.25, 0.3) is 0 Å². The van der Waals surface area contributed by atoms with Crippen molar-refractivity contribution in [3.05, 3.63) is 23.8 Å². The van der Waals surface area contributed by atoms with Gasteiger partial charge < -0.3 is 10.5 Å². The van der Waals surface area contributed by atoms with Gasteiger partial charge in [-0.2, -0.15) is 0 Å². The molecule has 0 heterocycles. The molecule has 0 aliphatic rings. The summed E-state index contributed by atoms with van der Waals surface area (Å²) in [6.45, 7) is 6.98. The maximum Gasteiger partial charge on any atom is 0.312 e. The van der Waals surface area contributed by atoms with E-state index >= 15 is 0 Å². The van der Waals surface area contributed by atoms with Crippen molar-refractivity contribution in [1.82, 2.24) is 0 Å². The van der Waals surface area contributed by atoms with Crippen molar-refractivity contribution in [2.45, 2.75) is 27.7 Å². The van der Waals surface area contributed by atoms with Crippen LogP contribution in [-0.2, 0) is 4.79 Å². The van der Waals surface area contributed by atoms with Gasteiger partial charge in [-0.05, 0) is 39.8 Å². The van der Waals surface area contributed by atoms with Crippen LogP contribution in [0.25, 0.3) is 0 Å². The van der Waals surface area contributed by atoms with E-state index in [1.807, 2.05) is 13.8 Å². The van der Waals surface area contributed by atoms with Crippen molar-refractivity contribution in [3.8, 4) is 0 Å². The first-order valence-electron chi connectivity index (χ1n) is 4.42. The molecule has 2 N–H and O–H groups in total. The lowest BCUT2D eigenvalue weighted by Crippen LogP contribution is -2.20. The van der Waals surface area contributed by atoms with Crippen LogP contribution in [0.4, 0.5) is 0 Å². The maximum absolute atomic E-state index is 10.7. The molecule has 0 amide bonds. The Morgan fingerprint density at radius 3 is 2.21 bits per heavy atom. The third kappa shape index (κ3) is 4.60. The largest absolute Gasteiger partial charge is 0.481 e. The lowest BCUT2D eigenvalue weighted by Gasteiger charge is -2.12. The van der Waals surface area contributed by atoms with Gasteiger partial charge in [0, 0.05) is 0 Å². The zero-order chi connectivity index (χ0) is 11.4. The Morgan fingerprint density at radius 2 is 1.86 bits per heavy atom. The fraction of sp³-hybridized carbons (Fsp3) is 0.455. The van der Waals surface area contributed by atoms with Gasteiger partial charge in [-0.15, -0.1) is 0 Å². The quantitative estimate of drug-likeness (QED) is 0.677. The van der Waals surface area contributed by atoms with Gasteiger partial charge in [-0.25, -0.2) is 0 Å². The van der Waals surface area contributed by atoms with Gasteiger partial charge >= 0.3 is 5.97 Å². The molecule has 0 aliphatic carbocycles. The van der Waals surface area contributed by atoms with Gasteiger partial charge in [0.15, 0.2) is 0 Å². The molecule has 0 bridgehead atoms. The fourth-order valence-corrected chi connectivity index (χ4v) is 0.729. The van der Waals surface area contributed by atoms with E-state index in [0.29, 0.717) is 5.71 Å². The summed E-state index contributed by atoms with van der Waals surface area (Å²) in [5.41, 5.74) is 0.425. The number of allylic oxidation sites excluding steroid dienone is 3. The van der Waals surface area contributed by atoms with E-state index in [4.69, 9.17) is 10.5 Å². The SMILES string of the molecule is CC(C)=CC(=N)/C=C/C(C)(C)C(=O)O. The van der Waals surface area contributed by atoms with Crippen LogP contribution in [0.2, 0.25) is 0 Å². The standard InChI is InChI=1S/C11H17NO2/c1-8(2)7-9(12)5-6-11(3,4)10(13)14/h5-7,12H,1-4H3,(H,13,14)/b6-5+,12-9?. The number of nitrogens with one attached hydrogen (secondary N) is 1. The van der Waals surface area contributed by atoms with E-state index in [1.54, 1.807) is 19.9 Å². The van der Waals surface area contributed by atoms with Crippen molar-refractivity contribution in [1.29, 1.82) is 5.41 Å². The Morgan fingerprint density at radius 1 is 1.36 bits per heavy atom. The molecule has 0 aromatic heterocycles. The number of hydrogen-bond donors (Lipinski definition) is 2. The second-order valence-electron chi connectivity index (χ2n) is 4.04. The summed E-state index contributed by atoms with van der Waals surface area (Å²) in [5, 5.41) is 16.3. The molecule has 0 aromatic rings. The average molecular weight is 195 g/mol. The van der Waals surface area contributed by atoms with E-state index in [2.05, 4.69) is 0 Å². The normalized spacial score (nSPS) is 11.4. The Kier molecular flexibility index (Phi) is 4.28. The molecular formula is C11H17NO2. The highest BCUT2D eigenvalue weighted by molar-refractivity contribution is 6.02. The Hall–Kier alpha value is -1.38. The zero-order valence-electron chi connectivity index (χ0n) is 9.09. The molecule has 0 rings (SSSR count). The highest BCUT2D eigenvalue weighted by Gasteiger charge is 2.22. The first-order valence-corrected chi connectivity index (χ1v) is 4.42. The summed E-state index contributed by atoms with van der Waals surface area (Å²) in [6, 6.07) is 0. The summed E-state index contributed by atoms with van der Waals surface area (Å²) in [4.78, 5) is 10.7. The smallest absolute Gasteiger partial charge is 0.312 e. The highest BCUT2D eigenvalue weighted by Crippen LogP contribution is 2.16. The molecule has 3 heteroatoms. The second-order valence-corrected chi connectivity index (χ2v) is 4.04. The van der Waals surface area contributed by atoms with Crippen LogP contribution in [-0.4, -0.2) is 16.8 Å². The monoisotopic (exact) mass is 195 g/mol. The van der Waals surface area contributed by atoms with E-state index in [9.17, 15) is 4.79 Å². The van der Waals surface area contributed by atoms with Gasteiger partial charge in [-0.3, -0.25) is 4.79 Å². The molecule has 78 valence electrons. The first-order chi connectivity index (χ1) is 6.25. The molecule has 0 unspecified atom stereocenters. The minimum Gasteiger partial charge on any atom is -0.481 e. The van der Waals surface area contributed by atoms with Crippen LogP contribution in [0, 0.1) is 10.8 Å². The third-order valence-electron chi connectivity index (χ3n) is 1.67. The number of carboxylic acids is 1. The lowest BCUT2D eigenvalue weighted by molar-refractivity contribution is -0.144. The van der Waals surface area contributed by atoms with Crippen LogP contribution in [0.3, 0.4) is 0 Å². The van der Waals surface area contributed by atoms with Crippen molar-refractivity contribution in [3.63, 3.8) is 0 Å². The average Bonchev–Trinajstić information content (AvgIpc) is 1.99. The molecule has 0 aromatic carbocycles. The maximum atomic E-state index is 10.7. The zero-order valence-corrected chi connectivity index (χ0v) is 9.09. The molecule has 14 heavy (non-hydrogen) atoms. The minimum absolute atomic E-state index is 0.319. The van der Waals surface area contributed by atoms with Crippen LogP contribution in [0.1, 0.15) is 27.7 Å². The van der Waals surface area contributed by atoms with Crippen molar-refractivity contribution in [2.75, 3.05) is 0 Å². The molecule has 3 nitrogen and oxygen atoms in total. The molecule has 0 saturated heterocycles. The van der Waals surface area contributed by atoms with Crippen LogP contribution in [0.15, 0.2) is 23.8 Å². The van der Waals surface area contributed by atoms with Crippen molar-refractivity contribution < 1.29 is 9.90 Å². The second kappa shape index (κ2) is 4.74. The van der Waals surface area contributed by atoms with Gasteiger partial charge in [0.05, 0.1) is 11.1 Å². The van der Waals surface area contributed by atoms with Crippen molar-refractivity contribution >= 4 is 11.7 Å². The van der Waals surface area contributed by atoms with Crippen LogP contribution in [0.5, 0.6) is 0 Å². The van der Waals surface area contributed by atoms with Crippen molar-refractivity contribution in [2.24, 2.45) is 5.41 Å². The molecule has 0 saturated carbocycles. The van der Waals surface area contributed by atoms with Gasteiger partial charge in [0.2, 0.25) is 0 Å². The minimum atomic E-state index is -0.915. The molecule has 0 aliphatic heterocycles. The number of hydrogen-bond acceptors (Lipinski definition) is 2. The summed E-state index contributed by atoms with van der Waals surface area (Å²) in [7, 11) is 0. The lowest BCUT2D eigenvalue weighted by atomic mass is 9.93.